The van der Waals surface area contributed by atoms with Gasteiger partial charge in [-0.1, -0.05) is 214 Å². The number of carbonyl (C=O) groups excluding carboxylic acids is 3. The van der Waals surface area contributed by atoms with E-state index in [0.717, 1.165) is 63.7 Å². The minimum absolute atomic E-state index is 0.0644. The minimum Gasteiger partial charge on any atom is -0.462 e. The molecule has 308 valence electrons. The molecule has 0 aliphatic rings. The van der Waals surface area contributed by atoms with Crippen molar-refractivity contribution < 1.29 is 28.6 Å². The molecule has 0 aliphatic heterocycles. The molecule has 0 rings (SSSR count). The topological polar surface area (TPSA) is 78.9 Å². The van der Waals surface area contributed by atoms with Crippen molar-refractivity contribution in [1.82, 2.24) is 0 Å². The van der Waals surface area contributed by atoms with Crippen LogP contribution in [0.5, 0.6) is 0 Å². The molecule has 0 spiro atoms. The maximum absolute atomic E-state index is 12.7. The van der Waals surface area contributed by atoms with Crippen LogP contribution in [0.1, 0.15) is 252 Å². The summed E-state index contributed by atoms with van der Waals surface area (Å²) in [5.74, 6) is -0.0164. The Balaban J connectivity index is 4.26. The summed E-state index contributed by atoms with van der Waals surface area (Å²) in [5.41, 5.74) is 0. The van der Waals surface area contributed by atoms with Crippen LogP contribution in [0.15, 0.2) is 0 Å². The maximum Gasteiger partial charge on any atom is 0.306 e. The smallest absolute Gasteiger partial charge is 0.306 e. The van der Waals surface area contributed by atoms with Crippen LogP contribution in [-0.4, -0.2) is 37.2 Å². The van der Waals surface area contributed by atoms with Gasteiger partial charge in [-0.05, 0) is 25.2 Å². The molecule has 6 nitrogen and oxygen atoms in total. The second-order valence-corrected chi connectivity index (χ2v) is 15.9. The molecule has 52 heavy (non-hydrogen) atoms. The van der Waals surface area contributed by atoms with Gasteiger partial charge in [0, 0.05) is 19.3 Å². The van der Waals surface area contributed by atoms with Gasteiger partial charge < -0.3 is 14.2 Å². The van der Waals surface area contributed by atoms with E-state index in [1.165, 1.54) is 148 Å². The van der Waals surface area contributed by atoms with Crippen molar-refractivity contribution in [3.63, 3.8) is 0 Å². The fourth-order valence-electron chi connectivity index (χ4n) is 6.77. The van der Waals surface area contributed by atoms with Crippen LogP contribution in [0.2, 0.25) is 0 Å². The Labute approximate surface area is 323 Å². The van der Waals surface area contributed by atoms with E-state index in [9.17, 15) is 14.4 Å². The van der Waals surface area contributed by atoms with Crippen molar-refractivity contribution in [3.8, 4) is 0 Å². The fourth-order valence-corrected chi connectivity index (χ4v) is 6.77. The van der Waals surface area contributed by atoms with Crippen molar-refractivity contribution in [1.29, 1.82) is 0 Å². The Kier molecular flexibility index (Phi) is 39.4. The lowest BCUT2D eigenvalue weighted by atomic mass is 9.99. The van der Waals surface area contributed by atoms with E-state index < -0.39 is 6.10 Å². The lowest BCUT2D eigenvalue weighted by Crippen LogP contribution is -2.30. The van der Waals surface area contributed by atoms with Gasteiger partial charge in [-0.2, -0.15) is 0 Å². The number of unbranched alkanes of at least 4 members (excludes halogenated alkanes) is 27. The first-order valence-electron chi connectivity index (χ1n) is 22.9. The summed E-state index contributed by atoms with van der Waals surface area (Å²) in [6.45, 7) is 8.96. The van der Waals surface area contributed by atoms with Crippen LogP contribution in [0.3, 0.4) is 0 Å². The van der Waals surface area contributed by atoms with Crippen LogP contribution < -0.4 is 0 Å². The van der Waals surface area contributed by atoms with Crippen molar-refractivity contribution in [2.75, 3.05) is 13.2 Å². The molecule has 0 heterocycles. The maximum atomic E-state index is 12.7. The van der Waals surface area contributed by atoms with Crippen molar-refractivity contribution in [2.24, 2.45) is 5.92 Å². The van der Waals surface area contributed by atoms with Crippen molar-refractivity contribution in [3.05, 3.63) is 0 Å². The van der Waals surface area contributed by atoms with Crippen molar-refractivity contribution in [2.45, 2.75) is 259 Å². The molecule has 0 fully saturated rings. The predicted octanol–water partition coefficient (Wildman–Crippen LogP) is 14.3. The van der Waals surface area contributed by atoms with E-state index in [1.807, 2.05) is 0 Å². The van der Waals surface area contributed by atoms with Gasteiger partial charge in [0.1, 0.15) is 13.2 Å². The van der Waals surface area contributed by atoms with E-state index >= 15 is 0 Å². The third kappa shape index (κ3) is 38.1. The highest BCUT2D eigenvalue weighted by Crippen LogP contribution is 2.17. The highest BCUT2D eigenvalue weighted by Gasteiger charge is 2.19. The monoisotopic (exact) mass is 737 g/mol. The molecular formula is C46H88O6. The SMILES string of the molecule is CCCCCCCCCCCCCCCCCC(=O)OC[C@@H](COC(=O)CCCCCCCCC)OC(=O)CCCCCCCCCCC(C)CC. The van der Waals surface area contributed by atoms with Gasteiger partial charge in [0.2, 0.25) is 0 Å². The van der Waals surface area contributed by atoms with Crippen LogP contribution in [0, 0.1) is 5.92 Å². The fraction of sp³-hybridized carbons (Fsp3) is 0.935. The number of hydrogen-bond acceptors (Lipinski definition) is 6. The summed E-state index contributed by atoms with van der Waals surface area (Å²) < 4.78 is 16.7. The lowest BCUT2D eigenvalue weighted by Gasteiger charge is -2.18. The van der Waals surface area contributed by atoms with E-state index in [-0.39, 0.29) is 31.1 Å². The molecule has 0 saturated carbocycles. The van der Waals surface area contributed by atoms with E-state index in [0.29, 0.717) is 19.3 Å². The molecule has 0 saturated heterocycles. The number of hydrogen-bond donors (Lipinski definition) is 0. The highest BCUT2D eigenvalue weighted by molar-refractivity contribution is 5.71. The Hall–Kier alpha value is -1.59. The Morgan fingerprint density at radius 3 is 1.00 bits per heavy atom. The van der Waals surface area contributed by atoms with Gasteiger partial charge in [0.15, 0.2) is 6.10 Å². The second-order valence-electron chi connectivity index (χ2n) is 15.9. The molecule has 0 bridgehead atoms. The summed E-state index contributed by atoms with van der Waals surface area (Å²) in [6, 6.07) is 0. The molecule has 0 aromatic heterocycles. The normalized spacial score (nSPS) is 12.5. The van der Waals surface area contributed by atoms with Crippen LogP contribution in [0.25, 0.3) is 0 Å². The quantitative estimate of drug-likeness (QED) is 0.0353. The van der Waals surface area contributed by atoms with E-state index in [2.05, 4.69) is 27.7 Å². The van der Waals surface area contributed by atoms with Crippen LogP contribution >= 0.6 is 0 Å². The molecule has 0 aromatic rings. The van der Waals surface area contributed by atoms with Gasteiger partial charge in [-0.15, -0.1) is 0 Å². The zero-order chi connectivity index (χ0) is 38.2. The highest BCUT2D eigenvalue weighted by atomic mass is 16.6. The molecule has 2 atom stereocenters. The Morgan fingerprint density at radius 1 is 0.385 bits per heavy atom. The first-order chi connectivity index (χ1) is 25.4. The number of ether oxygens (including phenoxy) is 3. The molecule has 1 unspecified atom stereocenters. The van der Waals surface area contributed by atoms with Gasteiger partial charge in [0.05, 0.1) is 0 Å². The molecule has 0 aromatic carbocycles. The zero-order valence-electron chi connectivity index (χ0n) is 35.3. The summed E-state index contributed by atoms with van der Waals surface area (Å²) in [7, 11) is 0. The van der Waals surface area contributed by atoms with E-state index in [4.69, 9.17) is 14.2 Å². The average Bonchev–Trinajstić information content (AvgIpc) is 3.14. The number of rotatable bonds is 41. The largest absolute Gasteiger partial charge is 0.462 e. The third-order valence-corrected chi connectivity index (χ3v) is 10.7. The molecular weight excluding hydrogens is 648 g/mol. The summed E-state index contributed by atoms with van der Waals surface area (Å²) in [5, 5.41) is 0. The first kappa shape index (κ1) is 50.4. The number of carbonyl (C=O) groups is 3. The van der Waals surface area contributed by atoms with Gasteiger partial charge in [-0.3, -0.25) is 14.4 Å². The molecule has 0 N–H and O–H groups in total. The first-order valence-corrected chi connectivity index (χ1v) is 22.9. The lowest BCUT2D eigenvalue weighted by molar-refractivity contribution is -0.167. The van der Waals surface area contributed by atoms with Crippen molar-refractivity contribution >= 4 is 17.9 Å². The summed E-state index contributed by atoms with van der Waals surface area (Å²) in [4.78, 5) is 37.6. The standard InChI is InChI=1S/C46H88O6/c1-5-8-10-12-14-15-16-17-18-19-20-21-26-30-34-38-45(48)51-41-43(40-50-44(47)37-33-29-24-13-11-9-6-2)52-46(49)39-35-31-27-23-22-25-28-32-36-42(4)7-3/h42-43H,5-41H2,1-4H3/t42?,43-/m1/s1. The predicted molar refractivity (Wildman–Crippen MR) is 220 cm³/mol. The van der Waals surface area contributed by atoms with Crippen LogP contribution in [-0.2, 0) is 28.6 Å². The molecule has 0 radical (unpaired) electrons. The van der Waals surface area contributed by atoms with Gasteiger partial charge >= 0.3 is 17.9 Å². The molecule has 0 aliphatic carbocycles. The van der Waals surface area contributed by atoms with E-state index in [1.54, 1.807) is 0 Å². The number of esters is 3. The minimum atomic E-state index is -0.758. The summed E-state index contributed by atoms with van der Waals surface area (Å²) >= 11 is 0. The zero-order valence-corrected chi connectivity index (χ0v) is 35.3. The molecule has 6 heteroatoms. The Morgan fingerprint density at radius 2 is 0.673 bits per heavy atom. The van der Waals surface area contributed by atoms with Gasteiger partial charge in [-0.25, -0.2) is 0 Å². The Bertz CT molecular complexity index is 783. The van der Waals surface area contributed by atoms with Gasteiger partial charge in [0.25, 0.3) is 0 Å². The third-order valence-electron chi connectivity index (χ3n) is 10.7. The van der Waals surface area contributed by atoms with Crippen LogP contribution in [0.4, 0.5) is 0 Å². The average molecular weight is 737 g/mol. The second kappa shape index (κ2) is 40.6. The molecule has 0 amide bonds. The summed E-state index contributed by atoms with van der Waals surface area (Å²) in [6.07, 6.45) is 39.5.